The first-order chi connectivity index (χ1) is 14.4. The number of ketones is 2. The molecule has 0 radical (unpaired) electrons. The van der Waals surface area contributed by atoms with E-state index in [1.54, 1.807) is 12.1 Å². The van der Waals surface area contributed by atoms with Gasteiger partial charge < -0.3 is 14.6 Å². The molecule has 0 unspecified atom stereocenters. The minimum Gasteiger partial charge on any atom is -0.503 e. The number of carbonyl (C=O) groups excluding carboxylic acids is 2. The highest BCUT2D eigenvalue weighted by molar-refractivity contribution is 9.10. The van der Waals surface area contributed by atoms with Gasteiger partial charge in [0, 0.05) is 42.7 Å². The summed E-state index contributed by atoms with van der Waals surface area (Å²) in [5.74, 6) is 1.21. The Morgan fingerprint density at radius 3 is 2.00 bits per heavy atom. The fourth-order valence-corrected chi connectivity index (χ4v) is 5.49. The number of rotatable bonds is 3. The van der Waals surface area contributed by atoms with E-state index >= 15 is 0 Å². The van der Waals surface area contributed by atoms with Crippen LogP contribution in [0, 0.1) is 10.8 Å². The lowest BCUT2D eigenvalue weighted by molar-refractivity contribution is -0.120. The monoisotopic (exact) mass is 488 g/mol. The molecule has 1 aromatic rings. The van der Waals surface area contributed by atoms with Crippen molar-refractivity contribution in [2.75, 3.05) is 6.61 Å². The Kier molecular flexibility index (Phi) is 5.36. The highest BCUT2D eigenvalue weighted by Crippen LogP contribution is 2.54. The maximum atomic E-state index is 13.3. The summed E-state index contributed by atoms with van der Waals surface area (Å²) >= 11 is 3.41. The van der Waals surface area contributed by atoms with E-state index < -0.39 is 5.92 Å². The predicted molar refractivity (Wildman–Crippen MR) is 121 cm³/mol. The van der Waals surface area contributed by atoms with Crippen LogP contribution in [0.3, 0.4) is 0 Å². The molecule has 0 atom stereocenters. The quantitative estimate of drug-likeness (QED) is 0.568. The molecule has 1 N–H and O–H groups in total. The van der Waals surface area contributed by atoms with Crippen molar-refractivity contribution in [2.24, 2.45) is 10.8 Å². The second-order valence-electron chi connectivity index (χ2n) is 10.4. The van der Waals surface area contributed by atoms with Crippen LogP contribution in [0.15, 0.2) is 39.3 Å². The predicted octanol–water partition coefficient (Wildman–Crippen LogP) is 5.95. The minimum atomic E-state index is -0.512. The van der Waals surface area contributed by atoms with Gasteiger partial charge in [0.2, 0.25) is 0 Å². The lowest BCUT2D eigenvalue weighted by Crippen LogP contribution is -2.37. The van der Waals surface area contributed by atoms with Crippen molar-refractivity contribution in [2.45, 2.75) is 66.2 Å². The zero-order valence-corrected chi connectivity index (χ0v) is 20.3. The van der Waals surface area contributed by atoms with E-state index in [1.165, 1.54) is 0 Å². The van der Waals surface area contributed by atoms with E-state index in [9.17, 15) is 14.7 Å². The molecule has 0 amide bonds. The number of carbonyl (C=O) groups is 2. The summed E-state index contributed by atoms with van der Waals surface area (Å²) in [7, 11) is 0. The number of Topliss-reactive ketones (excluding diaryl/α,β-unsaturated/α-hetero) is 2. The third-order valence-electron chi connectivity index (χ3n) is 6.27. The molecule has 166 valence electrons. The number of benzene rings is 1. The number of aromatic hydroxyl groups is 1. The zero-order valence-electron chi connectivity index (χ0n) is 18.7. The summed E-state index contributed by atoms with van der Waals surface area (Å²) < 4.78 is 12.4. The summed E-state index contributed by atoms with van der Waals surface area (Å²) in [6.45, 7) is 10.5. The van der Waals surface area contributed by atoms with Gasteiger partial charge in [-0.1, -0.05) is 27.7 Å². The fourth-order valence-electron chi connectivity index (χ4n) is 5.03. The molecule has 2 aliphatic carbocycles. The standard InChI is InChI=1S/C25H29BrO5/c1-6-30-17-8-13(7-14(26)23(17)29)20-21-15(27)9-24(2,3)11-18(21)31-19-12-25(4,5)10-16(28)22(19)20/h7-8,20,29H,6,9-12H2,1-5H3. The van der Waals surface area contributed by atoms with Gasteiger partial charge in [0.25, 0.3) is 0 Å². The van der Waals surface area contributed by atoms with Crippen molar-refractivity contribution in [1.29, 1.82) is 0 Å². The Balaban J connectivity index is 1.94. The maximum Gasteiger partial charge on any atom is 0.172 e. The number of halogens is 1. The SMILES string of the molecule is CCOc1cc(C2C3=C(CC(C)(C)CC3=O)OC3=C2C(=O)CC(C)(C)C3)cc(Br)c1O. The third kappa shape index (κ3) is 3.95. The Hall–Kier alpha value is -2.08. The molecule has 6 heteroatoms. The minimum absolute atomic E-state index is 0.00766. The summed E-state index contributed by atoms with van der Waals surface area (Å²) in [6.07, 6.45) is 2.11. The molecule has 5 nitrogen and oxygen atoms in total. The summed E-state index contributed by atoms with van der Waals surface area (Å²) in [6, 6.07) is 3.53. The van der Waals surface area contributed by atoms with Crippen LogP contribution in [0.25, 0.3) is 0 Å². The number of hydrogen-bond donors (Lipinski definition) is 1. The van der Waals surface area contributed by atoms with Gasteiger partial charge >= 0.3 is 0 Å². The maximum absolute atomic E-state index is 13.3. The van der Waals surface area contributed by atoms with Gasteiger partial charge in [0.05, 0.1) is 11.1 Å². The first-order valence-electron chi connectivity index (χ1n) is 10.8. The molecule has 3 aliphatic rings. The second kappa shape index (κ2) is 7.51. The first-order valence-corrected chi connectivity index (χ1v) is 11.6. The number of hydrogen-bond acceptors (Lipinski definition) is 5. The zero-order chi connectivity index (χ0) is 22.7. The van der Waals surface area contributed by atoms with Crippen LogP contribution in [-0.4, -0.2) is 23.3 Å². The van der Waals surface area contributed by atoms with Crippen molar-refractivity contribution in [1.82, 2.24) is 0 Å². The van der Waals surface area contributed by atoms with E-state index in [1.807, 2.05) is 6.92 Å². The van der Waals surface area contributed by atoms with Crippen LogP contribution in [0.4, 0.5) is 0 Å². The number of phenolic OH excluding ortho intramolecular Hbond substituents is 1. The molecule has 4 rings (SSSR count). The van der Waals surface area contributed by atoms with Crippen LogP contribution in [0.1, 0.15) is 71.8 Å². The molecule has 0 fully saturated rings. The van der Waals surface area contributed by atoms with Crippen LogP contribution >= 0.6 is 15.9 Å². The van der Waals surface area contributed by atoms with Crippen molar-refractivity contribution in [3.8, 4) is 11.5 Å². The highest BCUT2D eigenvalue weighted by atomic mass is 79.9. The lowest BCUT2D eigenvalue weighted by Gasteiger charge is -2.42. The average molecular weight is 489 g/mol. The number of allylic oxidation sites excluding steroid dienone is 4. The Morgan fingerprint density at radius 2 is 1.52 bits per heavy atom. The van der Waals surface area contributed by atoms with Gasteiger partial charge in [-0.3, -0.25) is 9.59 Å². The van der Waals surface area contributed by atoms with Crippen molar-refractivity contribution >= 4 is 27.5 Å². The Labute approximate surface area is 191 Å². The molecule has 1 heterocycles. The van der Waals surface area contributed by atoms with E-state index in [-0.39, 0.29) is 28.1 Å². The molecule has 31 heavy (non-hydrogen) atoms. The van der Waals surface area contributed by atoms with Crippen LogP contribution < -0.4 is 4.74 Å². The van der Waals surface area contributed by atoms with Crippen molar-refractivity contribution < 1.29 is 24.2 Å². The second-order valence-corrected chi connectivity index (χ2v) is 11.2. The Bertz CT molecular complexity index is 992. The molecule has 0 bridgehead atoms. The van der Waals surface area contributed by atoms with Crippen LogP contribution in [0.5, 0.6) is 11.5 Å². The Morgan fingerprint density at radius 1 is 1.00 bits per heavy atom. The molecule has 0 spiro atoms. The van der Waals surface area contributed by atoms with Crippen LogP contribution in [-0.2, 0) is 14.3 Å². The molecule has 0 saturated carbocycles. The van der Waals surface area contributed by atoms with Gasteiger partial charge in [-0.15, -0.1) is 0 Å². The summed E-state index contributed by atoms with van der Waals surface area (Å²) in [4.78, 5) is 26.7. The molecule has 1 aromatic carbocycles. The highest BCUT2D eigenvalue weighted by Gasteiger charge is 2.48. The van der Waals surface area contributed by atoms with Crippen molar-refractivity contribution in [3.63, 3.8) is 0 Å². The van der Waals surface area contributed by atoms with Gasteiger partial charge in [-0.25, -0.2) is 0 Å². The van der Waals surface area contributed by atoms with Gasteiger partial charge in [-0.2, -0.15) is 0 Å². The van der Waals surface area contributed by atoms with Gasteiger partial charge in [0.1, 0.15) is 11.5 Å². The normalized spacial score (nSPS) is 22.8. The number of phenols is 1. The van der Waals surface area contributed by atoms with E-state index in [2.05, 4.69) is 43.6 Å². The summed E-state index contributed by atoms with van der Waals surface area (Å²) in [5, 5.41) is 10.4. The smallest absolute Gasteiger partial charge is 0.172 e. The third-order valence-corrected chi connectivity index (χ3v) is 6.87. The fraction of sp³-hybridized carbons (Fsp3) is 0.520. The first kappa shape index (κ1) is 22.1. The molecule has 0 aromatic heterocycles. The van der Waals surface area contributed by atoms with E-state index in [0.29, 0.717) is 65.2 Å². The summed E-state index contributed by atoms with van der Waals surface area (Å²) in [5.41, 5.74) is 1.51. The van der Waals surface area contributed by atoms with E-state index in [4.69, 9.17) is 9.47 Å². The topological polar surface area (TPSA) is 72.8 Å². The van der Waals surface area contributed by atoms with E-state index in [0.717, 1.165) is 5.56 Å². The average Bonchev–Trinajstić information content (AvgIpc) is 2.61. The van der Waals surface area contributed by atoms with Gasteiger partial charge in [0.15, 0.2) is 23.1 Å². The molecule has 0 saturated heterocycles. The van der Waals surface area contributed by atoms with Gasteiger partial charge in [-0.05, 0) is 51.4 Å². The number of ether oxygens (including phenoxy) is 2. The molecule has 1 aliphatic heterocycles. The largest absolute Gasteiger partial charge is 0.503 e. The lowest BCUT2D eigenvalue weighted by atomic mass is 9.65. The molecular weight excluding hydrogens is 460 g/mol. The van der Waals surface area contributed by atoms with Crippen molar-refractivity contribution in [3.05, 3.63) is 44.8 Å². The van der Waals surface area contributed by atoms with Crippen LogP contribution in [0.2, 0.25) is 0 Å². The molecular formula is C25H29BrO5.